The second-order valence-corrected chi connectivity index (χ2v) is 9.12. The van der Waals surface area contributed by atoms with Gasteiger partial charge in [-0.15, -0.1) is 0 Å². The summed E-state index contributed by atoms with van der Waals surface area (Å²) in [6, 6.07) is 24.5. The first-order chi connectivity index (χ1) is 16.5. The lowest BCUT2D eigenvalue weighted by atomic mass is 10.0. The molecule has 1 atom stereocenters. The monoisotopic (exact) mass is 522 g/mol. The Morgan fingerprint density at radius 3 is 2.38 bits per heavy atom. The van der Waals surface area contributed by atoms with E-state index in [1.54, 1.807) is 4.90 Å². The first kappa shape index (κ1) is 25.5. The predicted molar refractivity (Wildman–Crippen MR) is 139 cm³/mol. The summed E-state index contributed by atoms with van der Waals surface area (Å²) in [5, 5.41) is 2.99. The molecule has 0 aliphatic heterocycles. The lowest BCUT2D eigenvalue weighted by molar-refractivity contribution is -0.142. The predicted octanol–water partition coefficient (Wildman–Crippen LogP) is 5.30. The normalized spacial score (nSPS) is 11.5. The molecule has 0 aromatic heterocycles. The van der Waals surface area contributed by atoms with E-state index in [1.807, 2.05) is 92.7 Å². The molecule has 0 radical (unpaired) electrons. The average Bonchev–Trinajstić information content (AvgIpc) is 2.84. The molecule has 0 unspecified atom stereocenters. The van der Waals surface area contributed by atoms with Crippen molar-refractivity contribution >= 4 is 27.7 Å². The number of para-hydroxylation sites is 1. The lowest BCUT2D eigenvalue weighted by Crippen LogP contribution is -2.51. The molecule has 6 heteroatoms. The van der Waals surface area contributed by atoms with E-state index >= 15 is 0 Å². The zero-order valence-electron chi connectivity index (χ0n) is 19.7. The maximum absolute atomic E-state index is 13.5. The molecule has 3 aromatic carbocycles. The van der Waals surface area contributed by atoms with Crippen LogP contribution in [0.1, 0.15) is 30.0 Å². The minimum atomic E-state index is -0.666. The molecule has 1 N–H and O–H groups in total. The number of ether oxygens (including phenoxy) is 1. The molecule has 0 fully saturated rings. The minimum Gasteiger partial charge on any atom is -0.484 e. The van der Waals surface area contributed by atoms with Crippen LogP contribution in [-0.2, 0) is 22.6 Å². The average molecular weight is 523 g/mol. The largest absolute Gasteiger partial charge is 0.484 e. The molecule has 2 amide bonds. The van der Waals surface area contributed by atoms with Gasteiger partial charge in [-0.1, -0.05) is 83.5 Å². The molecule has 3 aromatic rings. The van der Waals surface area contributed by atoms with Gasteiger partial charge in [-0.2, -0.15) is 0 Å². The zero-order chi connectivity index (χ0) is 24.3. The minimum absolute atomic E-state index is 0.148. The molecule has 34 heavy (non-hydrogen) atoms. The van der Waals surface area contributed by atoms with E-state index in [0.29, 0.717) is 25.3 Å². The topological polar surface area (TPSA) is 58.6 Å². The van der Waals surface area contributed by atoms with E-state index < -0.39 is 6.04 Å². The number of carbonyl (C=O) groups excluding carboxylic acids is 2. The van der Waals surface area contributed by atoms with Gasteiger partial charge in [0.2, 0.25) is 5.91 Å². The molecule has 5 nitrogen and oxygen atoms in total. The quantitative estimate of drug-likeness (QED) is 0.371. The Labute approximate surface area is 210 Å². The summed E-state index contributed by atoms with van der Waals surface area (Å²) in [4.78, 5) is 28.5. The molecule has 0 aliphatic carbocycles. The Kier molecular flexibility index (Phi) is 9.71. The number of halogens is 1. The van der Waals surface area contributed by atoms with Crippen LogP contribution in [0.15, 0.2) is 83.3 Å². The third kappa shape index (κ3) is 7.45. The van der Waals surface area contributed by atoms with Crippen molar-refractivity contribution < 1.29 is 14.3 Å². The van der Waals surface area contributed by atoms with Crippen molar-refractivity contribution in [3.05, 3.63) is 100 Å². The van der Waals surface area contributed by atoms with Gasteiger partial charge >= 0.3 is 0 Å². The molecular weight excluding hydrogens is 492 g/mol. The summed E-state index contributed by atoms with van der Waals surface area (Å²) >= 11 is 3.50. The fourth-order valence-corrected chi connectivity index (χ4v) is 4.14. The number of nitrogens with one attached hydrogen (secondary N) is 1. The standard InChI is InChI=1S/C28H31BrN2O3/c1-3-16-30-28(33)25(18-22-11-5-4-6-12-22)31(19-23-13-9-14-24(29)17-23)27(32)20-34-26-15-8-7-10-21(26)2/h4-15,17,25H,3,16,18-20H2,1-2H3,(H,30,33)/t25-/m0/s1. The molecular formula is C28H31BrN2O3. The third-order valence-electron chi connectivity index (χ3n) is 5.51. The van der Waals surface area contributed by atoms with Gasteiger partial charge in [-0.25, -0.2) is 0 Å². The Balaban J connectivity index is 1.90. The first-order valence-electron chi connectivity index (χ1n) is 11.5. The van der Waals surface area contributed by atoms with Crippen LogP contribution in [0.2, 0.25) is 0 Å². The molecule has 178 valence electrons. The molecule has 0 saturated carbocycles. The van der Waals surface area contributed by atoms with Gasteiger partial charge in [-0.3, -0.25) is 9.59 Å². The van der Waals surface area contributed by atoms with Crippen LogP contribution in [0, 0.1) is 6.92 Å². The second-order valence-electron chi connectivity index (χ2n) is 8.20. The highest BCUT2D eigenvalue weighted by Gasteiger charge is 2.30. The number of amides is 2. The van der Waals surface area contributed by atoms with Crippen molar-refractivity contribution in [3.63, 3.8) is 0 Å². The highest BCUT2D eigenvalue weighted by molar-refractivity contribution is 9.10. The molecule has 0 heterocycles. The van der Waals surface area contributed by atoms with Gasteiger partial charge in [0.15, 0.2) is 6.61 Å². The third-order valence-corrected chi connectivity index (χ3v) is 6.00. The summed E-state index contributed by atoms with van der Waals surface area (Å²) in [7, 11) is 0. The summed E-state index contributed by atoms with van der Waals surface area (Å²) in [6.45, 7) is 4.66. The molecule has 0 aliphatic rings. The van der Waals surface area contributed by atoms with E-state index in [4.69, 9.17) is 4.74 Å². The van der Waals surface area contributed by atoms with Crippen molar-refractivity contribution in [3.8, 4) is 5.75 Å². The van der Waals surface area contributed by atoms with Crippen molar-refractivity contribution in [2.75, 3.05) is 13.2 Å². The molecule has 0 bridgehead atoms. The number of nitrogens with zero attached hydrogens (tertiary/aromatic N) is 1. The van der Waals surface area contributed by atoms with Crippen LogP contribution in [0.5, 0.6) is 5.75 Å². The van der Waals surface area contributed by atoms with Crippen molar-refractivity contribution in [2.45, 2.75) is 39.3 Å². The van der Waals surface area contributed by atoms with Crippen molar-refractivity contribution in [1.82, 2.24) is 10.2 Å². The maximum Gasteiger partial charge on any atom is 0.261 e. The Bertz CT molecular complexity index is 1090. The number of aryl methyl sites for hydroxylation is 1. The fraction of sp³-hybridized carbons (Fsp3) is 0.286. The number of benzene rings is 3. The van der Waals surface area contributed by atoms with Crippen LogP contribution in [-0.4, -0.2) is 35.9 Å². The smallest absolute Gasteiger partial charge is 0.261 e. The lowest BCUT2D eigenvalue weighted by Gasteiger charge is -2.31. The van der Waals surface area contributed by atoms with E-state index in [2.05, 4.69) is 21.2 Å². The number of hydrogen-bond donors (Lipinski definition) is 1. The van der Waals surface area contributed by atoms with Gasteiger partial charge in [0.25, 0.3) is 5.91 Å². The Hall–Kier alpha value is -3.12. The molecule has 0 saturated heterocycles. The molecule has 0 spiro atoms. The van der Waals surface area contributed by atoms with E-state index in [-0.39, 0.29) is 18.4 Å². The summed E-state index contributed by atoms with van der Waals surface area (Å²) in [5.41, 5.74) is 2.88. The highest BCUT2D eigenvalue weighted by Crippen LogP contribution is 2.20. The van der Waals surface area contributed by atoms with Gasteiger partial charge in [0, 0.05) is 24.0 Å². The van der Waals surface area contributed by atoms with Crippen LogP contribution in [0.3, 0.4) is 0 Å². The van der Waals surface area contributed by atoms with Crippen molar-refractivity contribution in [2.24, 2.45) is 0 Å². The van der Waals surface area contributed by atoms with E-state index in [0.717, 1.165) is 27.6 Å². The van der Waals surface area contributed by atoms with Crippen LogP contribution in [0.4, 0.5) is 0 Å². The van der Waals surface area contributed by atoms with Crippen molar-refractivity contribution in [1.29, 1.82) is 0 Å². The number of carbonyl (C=O) groups is 2. The summed E-state index contributed by atoms with van der Waals surface area (Å²) < 4.78 is 6.79. The Morgan fingerprint density at radius 1 is 0.971 bits per heavy atom. The maximum atomic E-state index is 13.5. The first-order valence-corrected chi connectivity index (χ1v) is 12.3. The fourth-order valence-electron chi connectivity index (χ4n) is 3.69. The number of hydrogen-bond acceptors (Lipinski definition) is 3. The van der Waals surface area contributed by atoms with Crippen LogP contribution < -0.4 is 10.1 Å². The van der Waals surface area contributed by atoms with Gasteiger partial charge < -0.3 is 15.0 Å². The van der Waals surface area contributed by atoms with Crippen LogP contribution >= 0.6 is 15.9 Å². The highest BCUT2D eigenvalue weighted by atomic mass is 79.9. The summed E-state index contributed by atoms with van der Waals surface area (Å²) in [5.74, 6) is 0.258. The Morgan fingerprint density at radius 2 is 1.68 bits per heavy atom. The molecule has 3 rings (SSSR count). The van der Waals surface area contributed by atoms with Crippen LogP contribution in [0.25, 0.3) is 0 Å². The van der Waals surface area contributed by atoms with Gasteiger partial charge in [0.05, 0.1) is 0 Å². The summed E-state index contributed by atoms with van der Waals surface area (Å²) in [6.07, 6.45) is 1.24. The van der Waals surface area contributed by atoms with Gasteiger partial charge in [0.1, 0.15) is 11.8 Å². The van der Waals surface area contributed by atoms with E-state index in [9.17, 15) is 9.59 Å². The number of rotatable bonds is 11. The second kappa shape index (κ2) is 12.9. The zero-order valence-corrected chi connectivity index (χ0v) is 21.3. The SMILES string of the molecule is CCCNC(=O)[C@H](Cc1ccccc1)N(Cc1cccc(Br)c1)C(=O)COc1ccccc1C. The van der Waals surface area contributed by atoms with Gasteiger partial charge in [-0.05, 0) is 48.2 Å². The van der Waals surface area contributed by atoms with E-state index in [1.165, 1.54) is 0 Å².